The second-order valence-corrected chi connectivity index (χ2v) is 11.6. The molecule has 0 aliphatic heterocycles. The van der Waals surface area contributed by atoms with E-state index in [9.17, 15) is 18.4 Å². The lowest BCUT2D eigenvalue weighted by molar-refractivity contribution is -0.150. The molecule has 1 amide bonds. The molecule has 1 atom stereocenters. The van der Waals surface area contributed by atoms with Gasteiger partial charge in [0, 0.05) is 29.9 Å². The Bertz CT molecular complexity index is 1610. The minimum atomic E-state index is -0.863. The van der Waals surface area contributed by atoms with E-state index in [0.29, 0.717) is 23.7 Å². The smallest absolute Gasteiger partial charge is 0.324 e. The zero-order valence-electron chi connectivity index (χ0n) is 25.3. The van der Waals surface area contributed by atoms with Crippen molar-refractivity contribution in [2.24, 2.45) is 0 Å². The third-order valence-corrected chi connectivity index (χ3v) is 8.34. The number of hydrogen-bond acceptors (Lipinski definition) is 10. The van der Waals surface area contributed by atoms with Gasteiger partial charge in [-0.1, -0.05) is 6.92 Å². The lowest BCUT2D eigenvalue weighted by Gasteiger charge is -2.28. The highest BCUT2D eigenvalue weighted by atomic mass is 32.1. The monoisotopic (exact) mass is 642 g/mol. The van der Waals surface area contributed by atoms with Crippen molar-refractivity contribution in [3.05, 3.63) is 53.6 Å². The summed E-state index contributed by atoms with van der Waals surface area (Å²) >= 11 is 1.23. The molecule has 12 nitrogen and oxygen atoms in total. The van der Waals surface area contributed by atoms with Crippen LogP contribution in [0.5, 0.6) is 0 Å². The molecule has 0 radical (unpaired) electrons. The van der Waals surface area contributed by atoms with Gasteiger partial charge in [-0.2, -0.15) is 14.6 Å². The van der Waals surface area contributed by atoms with Crippen LogP contribution < -0.4 is 10.6 Å². The van der Waals surface area contributed by atoms with E-state index >= 15 is 0 Å². The maximum atomic E-state index is 14.8. The fraction of sp³-hybridized carbons (Fsp3) is 0.467. The average molecular weight is 643 g/mol. The fourth-order valence-electron chi connectivity index (χ4n) is 5.08. The third-order valence-electron chi connectivity index (χ3n) is 7.45. The number of amides is 1. The van der Waals surface area contributed by atoms with E-state index in [2.05, 4.69) is 30.8 Å². The van der Waals surface area contributed by atoms with Crippen molar-refractivity contribution in [1.82, 2.24) is 34.8 Å². The van der Waals surface area contributed by atoms with E-state index < -0.39 is 23.7 Å². The molecule has 15 heteroatoms. The molecule has 0 aromatic carbocycles. The van der Waals surface area contributed by atoms with Crippen molar-refractivity contribution in [3.63, 3.8) is 0 Å². The summed E-state index contributed by atoms with van der Waals surface area (Å²) < 4.78 is 43.1. The van der Waals surface area contributed by atoms with E-state index in [-0.39, 0.29) is 47.6 Å². The van der Waals surface area contributed by atoms with Gasteiger partial charge in [0.15, 0.2) is 12.5 Å². The number of carbonyl (C=O) groups is 2. The molecule has 1 aliphatic carbocycles. The molecule has 0 spiro atoms. The zero-order chi connectivity index (χ0) is 31.9. The van der Waals surface area contributed by atoms with Crippen LogP contribution in [-0.2, 0) is 21.0 Å². The topological polar surface area (TPSA) is 138 Å². The van der Waals surface area contributed by atoms with Crippen LogP contribution in [-0.4, -0.2) is 66.7 Å². The molecule has 2 N–H and O–H groups in total. The van der Waals surface area contributed by atoms with Gasteiger partial charge in [0.05, 0.1) is 24.0 Å². The van der Waals surface area contributed by atoms with Gasteiger partial charge in [-0.15, -0.1) is 11.3 Å². The largest absolute Gasteiger partial charge is 0.441 e. The molecule has 0 unspecified atom stereocenters. The van der Waals surface area contributed by atoms with Crippen molar-refractivity contribution >= 4 is 28.9 Å². The molecule has 4 aromatic rings. The van der Waals surface area contributed by atoms with E-state index in [1.54, 1.807) is 35.6 Å². The van der Waals surface area contributed by atoms with Crippen LogP contribution in [0, 0.1) is 11.8 Å². The first-order valence-electron chi connectivity index (χ1n) is 15.0. The number of hydrogen-bond donors (Lipinski definition) is 2. The molecular formula is C30H36F2N8O4S. The number of nitrogens with one attached hydrogen (secondary N) is 2. The first kappa shape index (κ1) is 32.3. The average Bonchev–Trinajstić information content (AvgIpc) is 3.81. The highest BCUT2D eigenvalue weighted by molar-refractivity contribution is 7.13. The van der Waals surface area contributed by atoms with Crippen molar-refractivity contribution < 1.29 is 27.8 Å². The quantitative estimate of drug-likeness (QED) is 0.149. The van der Waals surface area contributed by atoms with Crippen LogP contribution in [0.3, 0.4) is 0 Å². The molecule has 1 saturated carbocycles. The van der Waals surface area contributed by atoms with E-state index in [1.165, 1.54) is 16.0 Å². The fourth-order valence-corrected chi connectivity index (χ4v) is 5.86. The Kier molecular flexibility index (Phi) is 10.6. The zero-order valence-corrected chi connectivity index (χ0v) is 26.1. The molecule has 240 valence electrons. The number of thiazole rings is 1. The number of rotatable bonds is 13. The molecule has 4 aromatic heterocycles. The molecule has 1 fully saturated rings. The van der Waals surface area contributed by atoms with E-state index in [1.807, 2.05) is 13.8 Å². The van der Waals surface area contributed by atoms with Crippen molar-refractivity contribution in [2.75, 3.05) is 18.5 Å². The molecule has 5 rings (SSSR count). The summed E-state index contributed by atoms with van der Waals surface area (Å²) in [5, 5.41) is 16.7. The van der Waals surface area contributed by atoms with Gasteiger partial charge in [0.25, 0.3) is 5.91 Å². The molecule has 4 heterocycles. The van der Waals surface area contributed by atoms with Crippen LogP contribution >= 0.6 is 11.3 Å². The summed E-state index contributed by atoms with van der Waals surface area (Å²) in [6.45, 7) is 7.00. The molecule has 0 bridgehead atoms. The predicted octanol–water partition coefficient (Wildman–Crippen LogP) is 5.20. The summed E-state index contributed by atoms with van der Waals surface area (Å²) in [6.07, 6.45) is 9.20. The maximum Gasteiger partial charge on any atom is 0.324 e. The van der Waals surface area contributed by atoms with Crippen molar-refractivity contribution in [1.29, 1.82) is 0 Å². The number of aromatic nitrogens is 6. The normalized spacial score (nSPS) is 17.3. The maximum absolute atomic E-state index is 14.8. The lowest BCUT2D eigenvalue weighted by atomic mass is 9.93. The summed E-state index contributed by atoms with van der Waals surface area (Å²) in [5.41, 5.74) is 0.672. The van der Waals surface area contributed by atoms with Crippen LogP contribution in [0.15, 0.2) is 36.1 Å². The Labute approximate surface area is 263 Å². The van der Waals surface area contributed by atoms with Crippen LogP contribution in [0.4, 0.5) is 14.5 Å². The van der Waals surface area contributed by atoms with Gasteiger partial charge >= 0.3 is 5.97 Å². The molecular weight excluding hydrogens is 606 g/mol. The second-order valence-electron chi connectivity index (χ2n) is 10.8. The van der Waals surface area contributed by atoms with Crippen LogP contribution in [0.2, 0.25) is 0 Å². The van der Waals surface area contributed by atoms with Gasteiger partial charge in [-0.25, -0.2) is 19.0 Å². The standard InChI is InChI=1S/C30H36F2N8O4S/c1-4-12-33-18(3)30(42)44-17-39-14-19(13-34-39)29-36-24(16-45-29)28(41)35-23-15-40(20-6-8-21(9-7-20)43-5-2)38-27(23)26-22(31)10-11-25(32)37-26/h10-11,13-16,18,20-21,33H,4-9,12,17H2,1-3H3,(H,35,41)/t18-,20?,21?/m1/s1. The number of pyridine rings is 1. The van der Waals surface area contributed by atoms with E-state index in [0.717, 1.165) is 44.2 Å². The Morgan fingerprint density at radius 3 is 2.67 bits per heavy atom. The van der Waals surface area contributed by atoms with Crippen LogP contribution in [0.1, 0.15) is 69.4 Å². The minimum absolute atomic E-state index is 0.000212. The summed E-state index contributed by atoms with van der Waals surface area (Å²) in [4.78, 5) is 33.7. The van der Waals surface area contributed by atoms with Gasteiger partial charge in [0.2, 0.25) is 5.95 Å². The van der Waals surface area contributed by atoms with Gasteiger partial charge in [-0.3, -0.25) is 14.3 Å². The molecule has 1 aliphatic rings. The number of halogens is 2. The Balaban J connectivity index is 1.29. The number of ether oxygens (including phenoxy) is 2. The predicted molar refractivity (Wildman–Crippen MR) is 163 cm³/mol. The second kappa shape index (κ2) is 14.8. The number of esters is 1. The van der Waals surface area contributed by atoms with E-state index in [4.69, 9.17) is 9.47 Å². The first-order chi connectivity index (χ1) is 21.7. The lowest BCUT2D eigenvalue weighted by Crippen LogP contribution is -2.36. The van der Waals surface area contributed by atoms with Crippen molar-refractivity contribution in [3.8, 4) is 22.0 Å². The first-order valence-corrected chi connectivity index (χ1v) is 15.9. The van der Waals surface area contributed by atoms with Crippen LogP contribution in [0.25, 0.3) is 22.0 Å². The summed E-state index contributed by atoms with van der Waals surface area (Å²) in [6, 6.07) is 1.47. The minimum Gasteiger partial charge on any atom is -0.441 e. The Morgan fingerprint density at radius 1 is 1.11 bits per heavy atom. The molecule has 0 saturated heterocycles. The Morgan fingerprint density at radius 2 is 1.91 bits per heavy atom. The molecule has 45 heavy (non-hydrogen) atoms. The SMILES string of the molecule is CCCN[C@H](C)C(=O)OCn1cc(-c2nc(C(=O)Nc3cn(C4CCC(OCC)CC4)nc3-c3nc(F)ccc3F)cs2)cn1. The number of nitrogens with zero attached hydrogens (tertiary/aromatic N) is 6. The van der Waals surface area contributed by atoms with Gasteiger partial charge in [-0.05, 0) is 64.6 Å². The van der Waals surface area contributed by atoms with Gasteiger partial charge < -0.3 is 20.1 Å². The highest BCUT2D eigenvalue weighted by Gasteiger charge is 2.27. The number of carbonyl (C=O) groups excluding carboxylic acids is 2. The number of anilines is 1. The third kappa shape index (κ3) is 7.96. The Hall–Kier alpha value is -4.08. The van der Waals surface area contributed by atoms with Gasteiger partial charge in [0.1, 0.15) is 28.1 Å². The summed E-state index contributed by atoms with van der Waals surface area (Å²) in [7, 11) is 0. The highest BCUT2D eigenvalue weighted by Crippen LogP contribution is 2.34. The summed E-state index contributed by atoms with van der Waals surface area (Å²) in [5.74, 6) is -2.56. The van der Waals surface area contributed by atoms with Crippen molar-refractivity contribution in [2.45, 2.75) is 77.8 Å².